The maximum absolute atomic E-state index is 10.3. The van der Waals surface area contributed by atoms with E-state index in [2.05, 4.69) is 19.1 Å². The molecule has 0 amide bonds. The second kappa shape index (κ2) is 4.89. The van der Waals surface area contributed by atoms with Gasteiger partial charge in [0.2, 0.25) is 0 Å². The molecule has 3 nitrogen and oxygen atoms in total. The van der Waals surface area contributed by atoms with Gasteiger partial charge in [-0.3, -0.25) is 0 Å². The van der Waals surface area contributed by atoms with E-state index in [1.807, 2.05) is 18.2 Å². The average Bonchev–Trinajstić information content (AvgIpc) is 2.38. The van der Waals surface area contributed by atoms with Gasteiger partial charge >= 0.3 is 0 Å². The summed E-state index contributed by atoms with van der Waals surface area (Å²) in [6, 6.07) is 10.2. The smallest absolute Gasteiger partial charge is 0.166 e. The van der Waals surface area contributed by atoms with Gasteiger partial charge in [0.1, 0.15) is 0 Å². The van der Waals surface area contributed by atoms with Crippen LogP contribution in [-0.2, 0) is 16.1 Å². The number of hydrogen-bond acceptors (Lipinski definition) is 3. The minimum absolute atomic E-state index is 0.0771. The molecule has 3 atom stereocenters. The van der Waals surface area contributed by atoms with Crippen molar-refractivity contribution in [2.45, 2.75) is 63.1 Å². The maximum atomic E-state index is 10.3. The van der Waals surface area contributed by atoms with Crippen LogP contribution in [0.5, 0.6) is 0 Å². The molecule has 2 aliphatic heterocycles. The first-order valence-corrected chi connectivity index (χ1v) is 7.18. The monoisotopic (exact) mass is 262 g/mol. The van der Waals surface area contributed by atoms with Gasteiger partial charge in [-0.15, -0.1) is 0 Å². The summed E-state index contributed by atoms with van der Waals surface area (Å²) < 4.78 is 12.0. The highest BCUT2D eigenvalue weighted by Gasteiger charge is 2.51. The van der Waals surface area contributed by atoms with Gasteiger partial charge in [-0.25, -0.2) is 0 Å². The number of aliphatic hydroxyl groups is 1. The van der Waals surface area contributed by atoms with E-state index in [1.54, 1.807) is 0 Å². The molecular formula is C16H22O3. The van der Waals surface area contributed by atoms with Gasteiger partial charge in [-0.05, 0) is 31.7 Å². The Morgan fingerprint density at radius 1 is 1.26 bits per heavy atom. The second-order valence-electron chi connectivity index (χ2n) is 6.04. The van der Waals surface area contributed by atoms with E-state index in [0.717, 1.165) is 25.7 Å². The number of ether oxygens (including phenoxy) is 2. The average molecular weight is 262 g/mol. The van der Waals surface area contributed by atoms with Crippen molar-refractivity contribution in [3.63, 3.8) is 0 Å². The van der Waals surface area contributed by atoms with Crippen molar-refractivity contribution < 1.29 is 14.6 Å². The Kier molecular flexibility index (Phi) is 3.37. The van der Waals surface area contributed by atoms with Gasteiger partial charge in [0.25, 0.3) is 0 Å². The van der Waals surface area contributed by atoms with Crippen LogP contribution in [0.1, 0.15) is 44.6 Å². The molecule has 19 heavy (non-hydrogen) atoms. The van der Waals surface area contributed by atoms with Crippen molar-refractivity contribution in [2.75, 3.05) is 0 Å². The molecule has 1 N–H and O–H groups in total. The molecule has 3 heteroatoms. The zero-order chi connectivity index (χ0) is 13.3. The lowest BCUT2D eigenvalue weighted by molar-refractivity contribution is -0.340. The minimum atomic E-state index is -0.903. The number of fused-ring (bicyclic) bond motifs is 2. The third-order valence-corrected chi connectivity index (χ3v) is 4.44. The Hall–Kier alpha value is -0.900. The summed E-state index contributed by atoms with van der Waals surface area (Å²) in [7, 11) is 0. The first-order chi connectivity index (χ1) is 9.10. The standard InChI is InChI=1S/C16H22O3/c1-15-9-5-10-16(17,19-15)11-8-14(15)18-12-13-6-3-2-4-7-13/h2-4,6-7,14,17H,5,8-12H2,1H3. The van der Waals surface area contributed by atoms with Crippen LogP contribution in [-0.4, -0.2) is 22.6 Å². The molecule has 3 unspecified atom stereocenters. The van der Waals surface area contributed by atoms with Crippen molar-refractivity contribution in [2.24, 2.45) is 0 Å². The number of hydrogen-bond donors (Lipinski definition) is 1. The highest BCUT2D eigenvalue weighted by Crippen LogP contribution is 2.45. The van der Waals surface area contributed by atoms with Crippen molar-refractivity contribution in [3.05, 3.63) is 35.9 Å². The molecule has 0 radical (unpaired) electrons. The van der Waals surface area contributed by atoms with E-state index in [0.29, 0.717) is 13.0 Å². The topological polar surface area (TPSA) is 38.7 Å². The first kappa shape index (κ1) is 13.1. The Balaban J connectivity index is 1.65. The number of benzene rings is 1. The van der Waals surface area contributed by atoms with Gasteiger partial charge in [-0.1, -0.05) is 30.3 Å². The van der Waals surface area contributed by atoms with E-state index in [9.17, 15) is 5.11 Å². The molecular weight excluding hydrogens is 240 g/mol. The van der Waals surface area contributed by atoms with Crippen LogP contribution in [0.4, 0.5) is 0 Å². The van der Waals surface area contributed by atoms with Crippen molar-refractivity contribution in [1.29, 1.82) is 0 Å². The molecule has 2 saturated heterocycles. The van der Waals surface area contributed by atoms with Crippen molar-refractivity contribution in [1.82, 2.24) is 0 Å². The molecule has 2 heterocycles. The Morgan fingerprint density at radius 3 is 2.84 bits per heavy atom. The lowest BCUT2D eigenvalue weighted by atomic mass is 9.79. The van der Waals surface area contributed by atoms with Crippen LogP contribution in [0.3, 0.4) is 0 Å². The van der Waals surface area contributed by atoms with Gasteiger partial charge in [0, 0.05) is 12.8 Å². The van der Waals surface area contributed by atoms with Gasteiger partial charge in [0.15, 0.2) is 5.79 Å². The van der Waals surface area contributed by atoms with E-state index >= 15 is 0 Å². The zero-order valence-corrected chi connectivity index (χ0v) is 11.5. The Labute approximate surface area is 114 Å². The summed E-state index contributed by atoms with van der Waals surface area (Å²) >= 11 is 0. The Bertz CT molecular complexity index is 433. The predicted molar refractivity (Wildman–Crippen MR) is 72.5 cm³/mol. The maximum Gasteiger partial charge on any atom is 0.166 e. The first-order valence-electron chi connectivity index (χ1n) is 7.18. The summed E-state index contributed by atoms with van der Waals surface area (Å²) in [6.07, 6.45) is 4.37. The van der Waals surface area contributed by atoms with Gasteiger partial charge in [0.05, 0.1) is 18.3 Å². The fourth-order valence-electron chi connectivity index (χ4n) is 3.35. The lowest BCUT2D eigenvalue weighted by Crippen LogP contribution is -2.58. The minimum Gasteiger partial charge on any atom is -0.371 e. The van der Waals surface area contributed by atoms with Crippen LogP contribution in [0.2, 0.25) is 0 Å². The second-order valence-corrected chi connectivity index (χ2v) is 6.04. The fraction of sp³-hybridized carbons (Fsp3) is 0.625. The van der Waals surface area contributed by atoms with Crippen LogP contribution < -0.4 is 0 Å². The molecule has 2 fully saturated rings. The molecule has 3 rings (SSSR count). The molecule has 0 spiro atoms. The quantitative estimate of drug-likeness (QED) is 0.910. The van der Waals surface area contributed by atoms with E-state index in [4.69, 9.17) is 9.47 Å². The van der Waals surface area contributed by atoms with Crippen molar-refractivity contribution in [3.8, 4) is 0 Å². The van der Waals surface area contributed by atoms with Gasteiger partial charge < -0.3 is 14.6 Å². The molecule has 0 saturated carbocycles. The van der Waals surface area contributed by atoms with E-state index in [-0.39, 0.29) is 11.7 Å². The summed E-state index contributed by atoms with van der Waals surface area (Å²) in [6.45, 7) is 2.69. The van der Waals surface area contributed by atoms with Gasteiger partial charge in [-0.2, -0.15) is 0 Å². The predicted octanol–water partition coefficient (Wildman–Crippen LogP) is 3.01. The lowest BCUT2D eigenvalue weighted by Gasteiger charge is -2.52. The highest BCUT2D eigenvalue weighted by atomic mass is 16.7. The fourth-order valence-corrected chi connectivity index (χ4v) is 3.35. The van der Waals surface area contributed by atoms with Crippen LogP contribution >= 0.6 is 0 Å². The summed E-state index contributed by atoms with van der Waals surface area (Å²) in [5.41, 5.74) is 0.850. The van der Waals surface area contributed by atoms with Crippen LogP contribution in [0, 0.1) is 0 Å². The van der Waals surface area contributed by atoms with Crippen molar-refractivity contribution >= 4 is 0 Å². The molecule has 0 aromatic heterocycles. The molecule has 1 aromatic rings. The van der Waals surface area contributed by atoms with Crippen LogP contribution in [0.15, 0.2) is 30.3 Å². The molecule has 1 aromatic carbocycles. The zero-order valence-electron chi connectivity index (χ0n) is 11.5. The van der Waals surface area contributed by atoms with E-state index in [1.165, 1.54) is 5.56 Å². The van der Waals surface area contributed by atoms with E-state index < -0.39 is 5.79 Å². The number of rotatable bonds is 3. The largest absolute Gasteiger partial charge is 0.371 e. The van der Waals surface area contributed by atoms with Crippen LogP contribution in [0.25, 0.3) is 0 Å². The third kappa shape index (κ3) is 2.69. The molecule has 104 valence electrons. The Morgan fingerprint density at radius 2 is 2.05 bits per heavy atom. The molecule has 2 bridgehead atoms. The summed E-state index contributed by atoms with van der Waals surface area (Å²) in [5.74, 6) is -0.903. The molecule has 2 aliphatic rings. The third-order valence-electron chi connectivity index (χ3n) is 4.44. The summed E-state index contributed by atoms with van der Waals surface area (Å²) in [4.78, 5) is 0. The highest BCUT2D eigenvalue weighted by molar-refractivity contribution is 5.13. The normalized spacial score (nSPS) is 38.1. The molecule has 0 aliphatic carbocycles. The summed E-state index contributed by atoms with van der Waals surface area (Å²) in [5, 5.41) is 10.3. The SMILES string of the molecule is CC12CCCC(O)(CCC1OCc1ccccc1)O2.